The largest absolute Gasteiger partial charge is 0.397 e. The second-order valence-electron chi connectivity index (χ2n) is 7.69. The molecule has 0 amide bonds. The number of nitrogens with two attached hydrogens (primary N) is 1. The van der Waals surface area contributed by atoms with Crippen molar-refractivity contribution in [2.24, 2.45) is 5.41 Å². The number of nitrogens with zero attached hydrogens (tertiary/aromatic N) is 1. The molecule has 0 spiro atoms. The number of nitrogen functional groups attached to an aromatic ring is 1. The Hall–Kier alpha value is -2.82. The van der Waals surface area contributed by atoms with Gasteiger partial charge in [0.2, 0.25) is 0 Å². The van der Waals surface area contributed by atoms with Crippen molar-refractivity contribution in [1.29, 1.82) is 0 Å². The summed E-state index contributed by atoms with van der Waals surface area (Å²) in [6, 6.07) is 16.1. The first-order valence-corrected chi connectivity index (χ1v) is 9.11. The summed E-state index contributed by atoms with van der Waals surface area (Å²) in [6.45, 7) is 2.33. The van der Waals surface area contributed by atoms with Crippen molar-refractivity contribution in [2.45, 2.75) is 38.6 Å². The number of H-pyrrole nitrogens is 1. The van der Waals surface area contributed by atoms with Crippen LogP contribution in [0.2, 0.25) is 0 Å². The topological polar surface area (TPSA) is 83.8 Å². The fourth-order valence-electron chi connectivity index (χ4n) is 4.07. The first-order valence-electron chi connectivity index (χ1n) is 9.11. The first-order chi connectivity index (χ1) is 12.5. The van der Waals surface area contributed by atoms with E-state index in [0.717, 1.165) is 53.5 Å². The summed E-state index contributed by atoms with van der Waals surface area (Å²) in [7, 11) is 0. The van der Waals surface area contributed by atoms with Gasteiger partial charge in [0.05, 0.1) is 22.5 Å². The number of hydrogen-bond donors (Lipinski definition) is 3. The Morgan fingerprint density at radius 2 is 1.85 bits per heavy atom. The highest BCUT2D eigenvalue weighted by molar-refractivity contribution is 5.83. The molecule has 0 unspecified atom stereocenters. The summed E-state index contributed by atoms with van der Waals surface area (Å²) in [5.41, 5.74) is 8.98. The van der Waals surface area contributed by atoms with Crippen LogP contribution in [0, 0.1) is 5.41 Å². The number of hydrogen-bond acceptors (Lipinski definition) is 4. The minimum absolute atomic E-state index is 0.121. The number of benzene rings is 2. The highest BCUT2D eigenvalue weighted by Crippen LogP contribution is 2.46. The van der Waals surface area contributed by atoms with Crippen LogP contribution in [0.5, 0.6) is 0 Å². The Kier molecular flexibility index (Phi) is 4.15. The summed E-state index contributed by atoms with van der Waals surface area (Å²) in [5.74, 6) is 0. The molecule has 1 fully saturated rings. The number of para-hydroxylation sites is 2. The molecule has 1 saturated carbocycles. The molecule has 0 aliphatic heterocycles. The summed E-state index contributed by atoms with van der Waals surface area (Å²) >= 11 is 0. The van der Waals surface area contributed by atoms with E-state index >= 15 is 0 Å². The lowest BCUT2D eigenvalue weighted by Gasteiger charge is -2.46. The average molecular weight is 348 g/mol. The Labute approximate surface area is 152 Å². The molecule has 5 nitrogen and oxygen atoms in total. The molecule has 1 heterocycles. The van der Waals surface area contributed by atoms with Crippen molar-refractivity contribution in [3.63, 3.8) is 0 Å². The monoisotopic (exact) mass is 348 g/mol. The quantitative estimate of drug-likeness (QED) is 0.614. The lowest BCUT2D eigenvalue weighted by molar-refractivity contribution is 0.127. The molecule has 0 bridgehead atoms. The molecule has 0 saturated heterocycles. The molecule has 26 heavy (non-hydrogen) atoms. The minimum Gasteiger partial charge on any atom is -0.397 e. The van der Waals surface area contributed by atoms with Crippen molar-refractivity contribution in [1.82, 2.24) is 10.2 Å². The Morgan fingerprint density at radius 1 is 1.15 bits per heavy atom. The number of aromatic amines is 1. The van der Waals surface area contributed by atoms with Crippen LogP contribution >= 0.6 is 0 Å². The molecule has 0 radical (unpaired) electrons. The second-order valence-corrected chi connectivity index (χ2v) is 7.69. The van der Waals surface area contributed by atoms with Crippen LogP contribution in [0.4, 0.5) is 11.4 Å². The van der Waals surface area contributed by atoms with Gasteiger partial charge >= 0.3 is 0 Å². The Bertz CT molecular complexity index is 988. The van der Waals surface area contributed by atoms with Crippen molar-refractivity contribution >= 4 is 22.1 Å². The predicted molar refractivity (Wildman–Crippen MR) is 106 cm³/mol. The van der Waals surface area contributed by atoms with Gasteiger partial charge in [-0.3, -0.25) is 4.79 Å². The van der Waals surface area contributed by atoms with Gasteiger partial charge in [0, 0.05) is 11.4 Å². The van der Waals surface area contributed by atoms with E-state index in [4.69, 9.17) is 5.73 Å². The van der Waals surface area contributed by atoms with Crippen molar-refractivity contribution < 1.29 is 0 Å². The SMILES string of the molecule is CC1(CCc2n[nH]c(=O)c3ccccc23)CC(Nc2ccccc2N)C1. The molecule has 2 aromatic carbocycles. The fourth-order valence-corrected chi connectivity index (χ4v) is 4.07. The van der Waals surface area contributed by atoms with Gasteiger partial charge in [0.15, 0.2) is 0 Å². The lowest BCUT2D eigenvalue weighted by atomic mass is 9.64. The molecular formula is C21H24N4O. The molecular weight excluding hydrogens is 324 g/mol. The van der Waals surface area contributed by atoms with Gasteiger partial charge < -0.3 is 11.1 Å². The summed E-state index contributed by atoms with van der Waals surface area (Å²) < 4.78 is 0. The maximum absolute atomic E-state index is 11.9. The van der Waals surface area contributed by atoms with Crippen molar-refractivity contribution in [2.75, 3.05) is 11.1 Å². The van der Waals surface area contributed by atoms with Crippen LogP contribution in [0.3, 0.4) is 0 Å². The molecule has 3 aromatic rings. The fraction of sp³-hybridized carbons (Fsp3) is 0.333. The molecule has 4 N–H and O–H groups in total. The van der Waals surface area contributed by atoms with Crippen molar-refractivity contribution in [3.8, 4) is 0 Å². The third-order valence-electron chi connectivity index (χ3n) is 5.54. The zero-order chi connectivity index (χ0) is 18.1. The molecule has 4 rings (SSSR count). The molecule has 5 heteroatoms. The predicted octanol–water partition coefficient (Wildman–Crippen LogP) is 3.72. The minimum atomic E-state index is -0.121. The van der Waals surface area contributed by atoms with Gasteiger partial charge in [-0.05, 0) is 49.3 Å². The van der Waals surface area contributed by atoms with E-state index in [0.29, 0.717) is 11.5 Å². The van der Waals surface area contributed by atoms with E-state index < -0.39 is 0 Å². The van der Waals surface area contributed by atoms with Gasteiger partial charge in [-0.2, -0.15) is 5.10 Å². The van der Waals surface area contributed by atoms with Crippen LogP contribution in [-0.4, -0.2) is 16.2 Å². The Balaban J connectivity index is 1.40. The normalized spacial score (nSPS) is 22.1. The van der Waals surface area contributed by atoms with Gasteiger partial charge in [-0.15, -0.1) is 0 Å². The van der Waals surface area contributed by atoms with E-state index in [9.17, 15) is 4.79 Å². The summed E-state index contributed by atoms with van der Waals surface area (Å²) in [6.07, 6.45) is 4.15. The average Bonchev–Trinajstić information content (AvgIpc) is 2.62. The maximum Gasteiger partial charge on any atom is 0.272 e. The third kappa shape index (κ3) is 3.17. The van der Waals surface area contributed by atoms with Crippen LogP contribution in [0.15, 0.2) is 53.3 Å². The van der Waals surface area contributed by atoms with Crippen molar-refractivity contribution in [3.05, 3.63) is 64.6 Å². The standard InChI is InChI=1S/C21H24N4O/c1-21(12-14(13-21)23-19-9-5-4-8-17(19)22)11-10-18-15-6-2-3-7-16(15)20(26)25-24-18/h2-9,14,23H,10-13,22H2,1H3,(H,25,26). The van der Waals surface area contributed by atoms with Gasteiger partial charge in [0.1, 0.15) is 0 Å². The third-order valence-corrected chi connectivity index (χ3v) is 5.54. The smallest absolute Gasteiger partial charge is 0.272 e. The van der Waals surface area contributed by atoms with Gasteiger partial charge in [0.25, 0.3) is 5.56 Å². The molecule has 1 aromatic heterocycles. The molecule has 1 aliphatic rings. The van der Waals surface area contributed by atoms with E-state index in [1.165, 1.54) is 0 Å². The van der Waals surface area contributed by atoms with Crippen LogP contribution in [0.1, 0.15) is 31.9 Å². The van der Waals surface area contributed by atoms with Gasteiger partial charge in [-0.1, -0.05) is 37.3 Å². The molecule has 134 valence electrons. The lowest BCUT2D eigenvalue weighted by Crippen LogP contribution is -2.43. The second kappa shape index (κ2) is 6.48. The number of nitrogens with one attached hydrogen (secondary N) is 2. The molecule has 0 atom stereocenters. The zero-order valence-corrected chi connectivity index (χ0v) is 15.0. The summed E-state index contributed by atoms with van der Waals surface area (Å²) in [5, 5.41) is 12.2. The first kappa shape index (κ1) is 16.6. The molecule has 1 aliphatic carbocycles. The van der Waals surface area contributed by atoms with E-state index in [1.807, 2.05) is 48.5 Å². The van der Waals surface area contributed by atoms with E-state index in [2.05, 4.69) is 22.4 Å². The zero-order valence-electron chi connectivity index (χ0n) is 15.0. The maximum atomic E-state index is 11.9. The van der Waals surface area contributed by atoms with Crippen LogP contribution in [0.25, 0.3) is 10.8 Å². The number of anilines is 2. The number of aryl methyl sites for hydroxylation is 1. The summed E-state index contributed by atoms with van der Waals surface area (Å²) in [4.78, 5) is 11.9. The number of fused-ring (bicyclic) bond motifs is 1. The van der Waals surface area contributed by atoms with Crippen LogP contribution in [-0.2, 0) is 6.42 Å². The van der Waals surface area contributed by atoms with E-state index in [1.54, 1.807) is 0 Å². The number of rotatable bonds is 5. The van der Waals surface area contributed by atoms with Gasteiger partial charge in [-0.25, -0.2) is 5.10 Å². The van der Waals surface area contributed by atoms with E-state index in [-0.39, 0.29) is 5.56 Å². The number of aromatic nitrogens is 2. The highest BCUT2D eigenvalue weighted by atomic mass is 16.1. The van der Waals surface area contributed by atoms with Crippen LogP contribution < -0.4 is 16.6 Å². The Morgan fingerprint density at radius 3 is 2.62 bits per heavy atom. The highest BCUT2D eigenvalue weighted by Gasteiger charge is 2.40.